The van der Waals surface area contributed by atoms with Crippen molar-refractivity contribution in [1.29, 1.82) is 0 Å². The Balaban J connectivity index is 0.000000169. The van der Waals surface area contributed by atoms with E-state index in [2.05, 4.69) is 32.0 Å². The molecule has 4 aliphatic rings. The highest BCUT2D eigenvalue weighted by molar-refractivity contribution is 9.10. The zero-order valence-electron chi connectivity index (χ0n) is 41.3. The lowest BCUT2D eigenvalue weighted by Crippen LogP contribution is -2.41. The number of benzene rings is 3. The van der Waals surface area contributed by atoms with E-state index in [1.54, 1.807) is 22.3 Å². The second-order valence-corrected chi connectivity index (χ2v) is 20.9. The molecule has 4 aromatic rings. The van der Waals surface area contributed by atoms with Gasteiger partial charge in [0.25, 0.3) is 0 Å². The summed E-state index contributed by atoms with van der Waals surface area (Å²) >= 11 is 3.54. The molecule has 360 valence electrons. The minimum absolute atomic E-state index is 0.144. The Morgan fingerprint density at radius 1 is 0.746 bits per heavy atom. The number of halogens is 1. The summed E-state index contributed by atoms with van der Waals surface area (Å²) < 4.78 is 33.0. The highest BCUT2D eigenvalue weighted by Crippen LogP contribution is 2.37. The molecule has 13 nitrogen and oxygen atoms in total. The maximum atomic E-state index is 12.3. The van der Waals surface area contributed by atoms with E-state index in [0.717, 1.165) is 83.1 Å². The first-order valence-electron chi connectivity index (χ1n) is 23.2. The SMILES string of the molecule is CC(C)(C)OC(=O)N1CCCc2c(Br)cccc21.CC1(C)OB(c2cnoc2)OC1(C)C.COC(=O)Cc1cccc2c1CCCC2.[C-]#[N+]Cc1cccc2c1CCCN2C(=O)OC(C)(C)C. The Morgan fingerprint density at radius 3 is 1.82 bits per heavy atom. The van der Waals surface area contributed by atoms with Crippen LogP contribution >= 0.6 is 15.9 Å². The fourth-order valence-corrected chi connectivity index (χ4v) is 8.64. The molecule has 8 rings (SSSR count). The van der Waals surface area contributed by atoms with Crippen LogP contribution in [0.4, 0.5) is 21.0 Å². The van der Waals surface area contributed by atoms with E-state index in [1.807, 2.05) is 118 Å². The molecule has 3 aromatic carbocycles. The van der Waals surface area contributed by atoms with Gasteiger partial charge in [0.2, 0.25) is 6.54 Å². The van der Waals surface area contributed by atoms with E-state index in [9.17, 15) is 14.4 Å². The van der Waals surface area contributed by atoms with Crippen LogP contribution in [0.2, 0.25) is 0 Å². The van der Waals surface area contributed by atoms with Gasteiger partial charge in [-0.15, -0.1) is 0 Å². The number of ether oxygens (including phenoxy) is 3. The second kappa shape index (κ2) is 22.8. The average Bonchev–Trinajstić information content (AvgIpc) is 3.88. The van der Waals surface area contributed by atoms with Crippen LogP contribution in [-0.2, 0) is 67.0 Å². The normalized spacial score (nSPS) is 16.7. The largest absolute Gasteiger partial charge is 0.499 e. The van der Waals surface area contributed by atoms with Crippen LogP contribution in [0.1, 0.15) is 128 Å². The molecule has 1 fully saturated rings. The van der Waals surface area contributed by atoms with E-state index in [0.29, 0.717) is 19.5 Å². The number of methoxy groups -OCH3 is 1. The van der Waals surface area contributed by atoms with Crippen LogP contribution in [0.3, 0.4) is 0 Å². The van der Waals surface area contributed by atoms with Crippen molar-refractivity contribution in [3.05, 3.63) is 116 Å². The van der Waals surface area contributed by atoms with Crippen molar-refractivity contribution >= 4 is 58.0 Å². The Morgan fingerprint density at radius 2 is 1.27 bits per heavy atom. The van der Waals surface area contributed by atoms with E-state index in [-0.39, 0.29) is 36.5 Å². The number of carbonyl (C=O) groups excluding carboxylic acids is 3. The van der Waals surface area contributed by atoms with Crippen LogP contribution in [0.15, 0.2) is 76.1 Å². The topological polar surface area (TPSA) is 134 Å². The van der Waals surface area contributed by atoms with E-state index < -0.39 is 11.2 Å². The van der Waals surface area contributed by atoms with Gasteiger partial charge in [-0.05, 0) is 167 Å². The molecule has 4 heterocycles. The van der Waals surface area contributed by atoms with Crippen molar-refractivity contribution in [2.75, 3.05) is 30.0 Å². The Hall–Kier alpha value is -5.17. The molecule has 15 heteroatoms. The molecule has 0 saturated carbocycles. The van der Waals surface area contributed by atoms with E-state index >= 15 is 0 Å². The quantitative estimate of drug-likeness (QED) is 0.0842. The number of aryl methyl sites for hydroxylation is 1. The second-order valence-electron chi connectivity index (χ2n) is 20.0. The van der Waals surface area contributed by atoms with E-state index in [1.165, 1.54) is 36.6 Å². The molecule has 1 aliphatic carbocycles. The van der Waals surface area contributed by atoms with Crippen molar-refractivity contribution in [1.82, 2.24) is 5.16 Å². The number of aromatic nitrogens is 1. The molecule has 0 radical (unpaired) electrons. The molecule has 0 N–H and O–H groups in total. The molecular formula is C52H68BBrN4O9. The molecule has 67 heavy (non-hydrogen) atoms. The Bertz CT molecular complexity index is 2350. The Kier molecular flexibility index (Phi) is 17.9. The fraction of sp³-hybridized carbons (Fsp3) is 0.519. The van der Waals surface area contributed by atoms with Gasteiger partial charge in [-0.2, -0.15) is 0 Å². The number of hydrogen-bond acceptors (Lipinski definition) is 10. The molecule has 0 unspecified atom stereocenters. The number of nitrogens with zero attached hydrogens (tertiary/aromatic N) is 4. The number of anilines is 2. The van der Waals surface area contributed by atoms with Crippen molar-refractivity contribution in [2.45, 2.75) is 156 Å². The van der Waals surface area contributed by atoms with Crippen LogP contribution in [0.25, 0.3) is 4.85 Å². The first kappa shape index (κ1) is 52.8. The number of amides is 2. The molecule has 1 aromatic heterocycles. The van der Waals surface area contributed by atoms with Gasteiger partial charge in [0, 0.05) is 28.6 Å². The smallest absolute Gasteiger partial charge is 0.469 e. The predicted octanol–water partition coefficient (Wildman–Crippen LogP) is 11.2. The first-order chi connectivity index (χ1) is 31.5. The molecule has 2 amide bonds. The zero-order valence-corrected chi connectivity index (χ0v) is 42.8. The summed E-state index contributed by atoms with van der Waals surface area (Å²) in [5.74, 6) is -0.144. The fourth-order valence-electron chi connectivity index (χ4n) is 8.09. The summed E-state index contributed by atoms with van der Waals surface area (Å²) in [6.45, 7) is 28.1. The summed E-state index contributed by atoms with van der Waals surface area (Å²) in [6.07, 6.45) is 11.6. The maximum Gasteiger partial charge on any atom is 0.499 e. The highest BCUT2D eigenvalue weighted by atomic mass is 79.9. The molecule has 0 atom stereocenters. The zero-order chi connectivity index (χ0) is 49.2. The maximum absolute atomic E-state index is 12.3. The van der Waals surface area contributed by atoms with Gasteiger partial charge in [-0.25, -0.2) is 16.2 Å². The summed E-state index contributed by atoms with van der Waals surface area (Å²) in [7, 11) is 1.07. The van der Waals surface area contributed by atoms with Gasteiger partial charge in [-0.1, -0.05) is 57.5 Å². The molecular weight excluding hydrogens is 915 g/mol. The molecule has 3 aliphatic heterocycles. The van der Waals surface area contributed by atoms with Crippen LogP contribution in [0, 0.1) is 6.57 Å². The summed E-state index contributed by atoms with van der Waals surface area (Å²) in [6, 6.07) is 18.0. The number of fused-ring (bicyclic) bond motifs is 3. The third-order valence-corrected chi connectivity index (χ3v) is 12.8. The predicted molar refractivity (Wildman–Crippen MR) is 266 cm³/mol. The average molecular weight is 984 g/mol. The number of rotatable bonds is 4. The van der Waals surface area contributed by atoms with Crippen LogP contribution in [-0.4, -0.2) is 73.0 Å². The number of esters is 1. The standard InChI is InChI=1S/C16H20N2O2.C14H18BrNO2.C13H16O2.C9H14BNO3/c1-16(2,3)20-15(19)18-10-6-8-13-12(11-17-4)7-5-9-14(13)18;1-14(2,3)18-13(17)16-9-5-6-10-11(15)7-4-8-12(10)16;1-15-13(14)9-11-7-4-6-10-5-2-3-8-12(10)11;1-8(2)9(3,4)14-10(13-8)7-5-11-12-6-7/h5,7,9H,6,8,10-11H2,1-3H3;4,7-8H,5-6,9H2,1-3H3;4,6-7H,2-3,5,8-9H2,1H3;5-6H,1-4H3. The molecule has 0 bridgehead atoms. The van der Waals surface area contributed by atoms with Crippen molar-refractivity contribution in [2.24, 2.45) is 0 Å². The Labute approximate surface area is 406 Å². The van der Waals surface area contributed by atoms with Gasteiger partial charge in [0.15, 0.2) is 0 Å². The van der Waals surface area contributed by atoms with Crippen LogP contribution in [0.5, 0.6) is 0 Å². The highest BCUT2D eigenvalue weighted by Gasteiger charge is 2.52. The van der Waals surface area contributed by atoms with Gasteiger partial charge in [-0.3, -0.25) is 14.6 Å². The van der Waals surface area contributed by atoms with Gasteiger partial charge < -0.3 is 32.9 Å². The van der Waals surface area contributed by atoms with Crippen LogP contribution < -0.4 is 15.3 Å². The summed E-state index contributed by atoms with van der Waals surface area (Å²) in [4.78, 5) is 42.6. The third-order valence-electron chi connectivity index (χ3n) is 12.1. The van der Waals surface area contributed by atoms with Crippen molar-refractivity contribution in [3.63, 3.8) is 0 Å². The van der Waals surface area contributed by atoms with E-state index in [4.69, 9.17) is 34.6 Å². The number of carbonyl (C=O) groups is 3. The minimum Gasteiger partial charge on any atom is -0.469 e. The lowest BCUT2D eigenvalue weighted by molar-refractivity contribution is -0.139. The monoisotopic (exact) mass is 982 g/mol. The van der Waals surface area contributed by atoms with Gasteiger partial charge >= 0.3 is 25.3 Å². The van der Waals surface area contributed by atoms with Gasteiger partial charge in [0.05, 0.1) is 42.3 Å². The molecule has 0 spiro atoms. The summed E-state index contributed by atoms with van der Waals surface area (Å²) in [5.41, 5.74) is 8.38. The van der Waals surface area contributed by atoms with Crippen molar-refractivity contribution < 1.29 is 42.4 Å². The lowest BCUT2D eigenvalue weighted by Gasteiger charge is -2.32. The summed E-state index contributed by atoms with van der Waals surface area (Å²) in [5, 5.41) is 3.63. The third kappa shape index (κ3) is 14.4. The molecule has 1 saturated heterocycles. The first-order valence-corrected chi connectivity index (χ1v) is 24.0. The number of hydrogen-bond donors (Lipinski definition) is 0. The minimum atomic E-state index is -0.497. The lowest BCUT2D eigenvalue weighted by atomic mass is 9.82. The van der Waals surface area contributed by atoms with Crippen molar-refractivity contribution in [3.8, 4) is 0 Å². The van der Waals surface area contributed by atoms with Gasteiger partial charge in [0.1, 0.15) is 17.5 Å².